The van der Waals surface area contributed by atoms with E-state index < -0.39 is 29.9 Å². The van der Waals surface area contributed by atoms with Gasteiger partial charge in [0, 0.05) is 42.8 Å². The fourth-order valence-corrected chi connectivity index (χ4v) is 15.5. The highest BCUT2D eigenvalue weighted by molar-refractivity contribution is 6.38. The second kappa shape index (κ2) is 60.6. The number of amides is 1. The molecule has 0 unspecified atom stereocenters. The molecule has 0 atom stereocenters. The number of hydrogen-bond donors (Lipinski definition) is 7. The van der Waals surface area contributed by atoms with Crippen LogP contribution in [0.15, 0.2) is 240 Å². The molecule has 0 bridgehead atoms. The van der Waals surface area contributed by atoms with E-state index in [4.69, 9.17) is 47.7 Å². The summed E-state index contributed by atoms with van der Waals surface area (Å²) in [5.41, 5.74) is 18.6. The number of rotatable bonds is 39. The highest BCUT2D eigenvalue weighted by Crippen LogP contribution is 2.40. The predicted molar refractivity (Wildman–Crippen MR) is 583 cm³/mol. The van der Waals surface area contributed by atoms with E-state index in [2.05, 4.69) is 118 Å². The normalized spacial score (nSPS) is 10.8. The monoisotopic (exact) mass is 2030 g/mol. The van der Waals surface area contributed by atoms with E-state index in [0.717, 1.165) is 99.6 Å². The lowest BCUT2D eigenvalue weighted by atomic mass is 9.93. The average molecular weight is 2030 g/mol. The van der Waals surface area contributed by atoms with Crippen molar-refractivity contribution < 1.29 is 106 Å². The fourth-order valence-electron chi connectivity index (χ4n) is 15.5. The maximum atomic E-state index is 12.8. The highest BCUT2D eigenvalue weighted by Gasteiger charge is 2.27. The number of nitrogens with zero attached hydrogens (tertiary/aromatic N) is 2. The van der Waals surface area contributed by atoms with Gasteiger partial charge >= 0.3 is 11.9 Å². The number of Topliss-reactive ketones (excluding diaryl/α,β-unsaturated/α-hetero) is 5. The van der Waals surface area contributed by atoms with E-state index in [1.165, 1.54) is 59.0 Å². The smallest absolute Gasteiger partial charge is 0.375 e. The quantitative estimate of drug-likeness (QED) is 0.00814. The van der Waals surface area contributed by atoms with Crippen molar-refractivity contribution in [2.75, 3.05) is 19.8 Å². The number of aromatic hydroxyl groups is 6. The Bertz CT molecular complexity index is 6370. The Labute approximate surface area is 877 Å². The van der Waals surface area contributed by atoms with Gasteiger partial charge in [0.05, 0.1) is 53.0 Å². The van der Waals surface area contributed by atoms with Crippen LogP contribution in [0.1, 0.15) is 278 Å². The minimum atomic E-state index is -0.984. The summed E-state index contributed by atoms with van der Waals surface area (Å²) in [4.78, 5) is 95.1. The fraction of sp³-hybridized carbons (Fsp3) is 0.355. The lowest BCUT2D eigenvalue weighted by molar-refractivity contribution is -0.153. The Hall–Kier alpha value is -15.4. The zero-order valence-corrected chi connectivity index (χ0v) is 90.5. The number of aryl methyl sites for hydroxylation is 4. The maximum Gasteiger partial charge on any atom is 0.375 e. The van der Waals surface area contributed by atoms with Gasteiger partial charge in [0.25, 0.3) is 5.91 Å². The molecule has 0 spiro atoms. The standard InChI is InChI=1S/C24H28N2O3.C24H27NO4.C24H28O5.C20H24O2.C12H16O3.C10H12O3.C10H14O2/c1-5-25-24(27)21-14-23(29-26-21)20-13-19(11-16(2)3)17(4)12-22(20)28-15-18-9-7-6-8-10-18;1-5-27-24(26)21-14-23(29-25-21)20-13-19(11-16(2)3)17(4)12-22(20)28-15-18-9-7-6-8-10-18;1-5-28-24(27)22(26)14-21(25)20-13-19(11-16(2)3)17(4)12-23(20)29-15-18-9-7-6-8-10-18;1-14(2)10-18-12-19(16(4)21)20(11-15(18)3)22-13-17-8-6-5-7-9-17;1-7(2)4-9-5-10(8(3)13)12(15)6-11(9)14;1-6(2)10(13)8-4-3-7(11)5-9(8)12;1-7(2)5-8-3-4-9(11)6-10(8)12/h6-10,12-14,16H,5,11,15H2,1-4H3,(H,25,27);6-10,12-14,16H,5,11,15H2,1-4H3;6-10,12-13,16H,5,11,14-15H2,1-4H3;5-9,11-12,14H,10,13H2,1-4H3;5-7,14-15H,4H2,1-3H3;3-6,11-12H,1-2H3;3-4,6-7,11-12H,5H2,1-2H3. The van der Waals surface area contributed by atoms with E-state index in [9.17, 15) is 58.8 Å². The number of phenols is 6. The van der Waals surface area contributed by atoms with Crippen molar-refractivity contribution in [3.63, 3.8) is 0 Å². The van der Waals surface area contributed by atoms with Crippen LogP contribution in [0.2, 0.25) is 0 Å². The van der Waals surface area contributed by atoms with E-state index in [-0.39, 0.29) is 99.4 Å². The summed E-state index contributed by atoms with van der Waals surface area (Å²) in [6.07, 6.45) is 4.66. The number of carbonyl (C=O) groups excluding carboxylic acids is 8. The first-order valence-corrected chi connectivity index (χ1v) is 50.7. The van der Waals surface area contributed by atoms with E-state index in [0.29, 0.717) is 120 Å². The van der Waals surface area contributed by atoms with Crippen LogP contribution in [0.3, 0.4) is 0 Å². The van der Waals surface area contributed by atoms with Crippen LogP contribution >= 0.6 is 0 Å². The second-order valence-electron chi connectivity index (χ2n) is 39.4. The van der Waals surface area contributed by atoms with Gasteiger partial charge in [-0.3, -0.25) is 28.8 Å². The summed E-state index contributed by atoms with van der Waals surface area (Å²) < 4.78 is 44.8. The SMILES string of the molecule is CC(=O)c1cc(CC(C)C)c(C)cc1OCc1ccccc1.CC(=O)c1cc(CC(C)C)c(O)cc1O.CC(C)C(=O)c1ccc(O)cc1O.CC(C)Cc1ccc(O)cc1O.CCNC(=O)c1cc(-c2cc(CC(C)C)c(C)cc2OCc2ccccc2)on1.CCOC(=O)C(=O)CC(=O)c1cc(CC(C)C)c(C)cc1OCc1ccccc1.CCOC(=O)c1cc(-c2cc(CC(C)C)c(C)cc2OCc2ccccc2)on1. The molecule has 13 rings (SSSR count). The maximum absolute atomic E-state index is 12.8. The lowest BCUT2D eigenvalue weighted by Gasteiger charge is -2.16. The summed E-state index contributed by atoms with van der Waals surface area (Å²) in [5.74, 6) is 2.97. The molecule has 2 aromatic heterocycles. The molecule has 7 N–H and O–H groups in total. The minimum Gasteiger partial charge on any atom is -0.508 e. The summed E-state index contributed by atoms with van der Waals surface area (Å²) in [6.45, 7) is 48.1. The number of esters is 2. The van der Waals surface area contributed by atoms with Crippen LogP contribution in [0.5, 0.6) is 57.5 Å². The molecule has 0 fully saturated rings. The second-order valence-corrected chi connectivity index (χ2v) is 39.4. The molecule has 13 aromatic rings. The number of benzene rings is 11. The molecule has 0 radical (unpaired) electrons. The third kappa shape index (κ3) is 40.1. The van der Waals surface area contributed by atoms with Crippen LogP contribution in [0.4, 0.5) is 0 Å². The van der Waals surface area contributed by atoms with Gasteiger partial charge in [-0.25, -0.2) is 9.59 Å². The number of ketones is 5. The molecule has 792 valence electrons. The number of carbonyl (C=O) groups is 8. The third-order valence-electron chi connectivity index (χ3n) is 23.0. The summed E-state index contributed by atoms with van der Waals surface area (Å²) in [6, 6.07) is 70.3. The van der Waals surface area contributed by atoms with Crippen molar-refractivity contribution in [2.24, 2.45) is 41.4 Å². The van der Waals surface area contributed by atoms with E-state index in [1.54, 1.807) is 71.0 Å². The average Bonchev–Trinajstić information content (AvgIpc) is 1.69. The van der Waals surface area contributed by atoms with Gasteiger partial charge < -0.3 is 73.4 Å². The van der Waals surface area contributed by atoms with Crippen molar-refractivity contribution >= 4 is 46.8 Å². The largest absolute Gasteiger partial charge is 0.508 e. The van der Waals surface area contributed by atoms with Crippen LogP contribution in [-0.2, 0) is 84.0 Å². The van der Waals surface area contributed by atoms with Gasteiger partial charge in [-0.05, 0) is 287 Å². The third-order valence-corrected chi connectivity index (χ3v) is 23.0. The first-order chi connectivity index (χ1) is 70.8. The Morgan fingerprint density at radius 1 is 0.336 bits per heavy atom. The number of ether oxygens (including phenoxy) is 6. The van der Waals surface area contributed by atoms with Gasteiger partial charge in [0.1, 0.15) is 83.9 Å². The van der Waals surface area contributed by atoms with Gasteiger partial charge in [0.2, 0.25) is 5.78 Å². The topological polar surface area (TPSA) is 377 Å². The van der Waals surface area contributed by atoms with Crippen LogP contribution < -0.4 is 24.3 Å². The van der Waals surface area contributed by atoms with Crippen LogP contribution in [0, 0.1) is 69.1 Å². The zero-order chi connectivity index (χ0) is 110. The molecule has 11 aromatic carbocycles. The van der Waals surface area contributed by atoms with Gasteiger partial charge in [-0.15, -0.1) is 0 Å². The summed E-state index contributed by atoms with van der Waals surface area (Å²) >= 11 is 0. The molecule has 25 heteroatoms. The first kappa shape index (κ1) is 121. The van der Waals surface area contributed by atoms with Gasteiger partial charge in [0.15, 0.2) is 46.0 Å². The zero-order valence-electron chi connectivity index (χ0n) is 90.5. The van der Waals surface area contributed by atoms with Crippen molar-refractivity contribution in [3.05, 3.63) is 342 Å². The molecule has 2 heterocycles. The van der Waals surface area contributed by atoms with Gasteiger partial charge in [-0.1, -0.05) is 235 Å². The van der Waals surface area contributed by atoms with Crippen molar-refractivity contribution in [1.29, 1.82) is 0 Å². The number of nitrogens with one attached hydrogen (secondary N) is 1. The first-order valence-electron chi connectivity index (χ1n) is 50.7. The predicted octanol–water partition coefficient (Wildman–Crippen LogP) is 27.0. The lowest BCUT2D eigenvalue weighted by Crippen LogP contribution is -2.22. The molecule has 0 aliphatic rings. The summed E-state index contributed by atoms with van der Waals surface area (Å²) in [7, 11) is 0. The molecule has 1 amide bonds. The molecular weight excluding hydrogens is 1880 g/mol. The molecule has 25 nitrogen and oxygen atoms in total. The highest BCUT2D eigenvalue weighted by atomic mass is 16.5. The Balaban J connectivity index is 0.000000241. The van der Waals surface area contributed by atoms with E-state index >= 15 is 0 Å². The van der Waals surface area contributed by atoms with Crippen molar-refractivity contribution in [2.45, 2.75) is 231 Å². The van der Waals surface area contributed by atoms with Gasteiger partial charge in [-0.2, -0.15) is 0 Å². The molecule has 0 saturated heterocycles. The number of hydrogen-bond acceptors (Lipinski definition) is 24. The van der Waals surface area contributed by atoms with Crippen molar-refractivity contribution in [1.82, 2.24) is 15.6 Å². The number of phenolic OH excluding ortho intramolecular Hbond substituents is 6. The Kier molecular flexibility index (Phi) is 49.1. The molecule has 0 aliphatic heterocycles. The molecule has 149 heavy (non-hydrogen) atoms. The summed E-state index contributed by atoms with van der Waals surface area (Å²) in [5, 5.41) is 66.3. The number of aromatic nitrogens is 2. The minimum absolute atomic E-state index is 0.0437. The molecule has 0 aliphatic carbocycles. The molecular formula is C124H149N3O22. The molecule has 0 saturated carbocycles. The van der Waals surface area contributed by atoms with Crippen LogP contribution in [-0.4, -0.2) is 107 Å². The Morgan fingerprint density at radius 3 is 1.05 bits per heavy atom. The Morgan fingerprint density at radius 2 is 0.671 bits per heavy atom. The van der Waals surface area contributed by atoms with Crippen LogP contribution in [0.25, 0.3) is 22.6 Å². The van der Waals surface area contributed by atoms with Crippen molar-refractivity contribution in [3.8, 4) is 80.1 Å². The van der Waals surface area contributed by atoms with E-state index in [1.807, 2.05) is 179 Å².